The number of hydrogen-bond donors (Lipinski definition) is 1. The van der Waals surface area contributed by atoms with Gasteiger partial charge >= 0.3 is 6.18 Å². The molecule has 1 N–H and O–H groups in total. The summed E-state index contributed by atoms with van der Waals surface area (Å²) in [5, 5.41) is 9.87. The fourth-order valence-electron chi connectivity index (χ4n) is 1.71. The van der Waals surface area contributed by atoms with Crippen molar-refractivity contribution >= 4 is 11.3 Å². The number of alkyl halides is 3. The highest BCUT2D eigenvalue weighted by Gasteiger charge is 2.35. The molecule has 2 aromatic rings. The van der Waals surface area contributed by atoms with Crippen LogP contribution in [0.15, 0.2) is 29.9 Å². The molecule has 1 aromatic heterocycles. The van der Waals surface area contributed by atoms with Crippen LogP contribution in [0.4, 0.5) is 17.6 Å². The largest absolute Gasteiger partial charge is 0.416 e. The second kappa shape index (κ2) is 5.26. The van der Waals surface area contributed by atoms with Crippen LogP contribution < -0.4 is 0 Å². The van der Waals surface area contributed by atoms with E-state index in [4.69, 9.17) is 0 Å². The summed E-state index contributed by atoms with van der Waals surface area (Å²) < 4.78 is 51.4. The molecule has 2 rings (SSSR count). The van der Waals surface area contributed by atoms with Gasteiger partial charge in [-0.15, -0.1) is 11.3 Å². The minimum absolute atomic E-state index is 0.0306. The fraction of sp³-hybridized carbons (Fsp3) is 0.250. The lowest BCUT2D eigenvalue weighted by molar-refractivity contribution is -0.139. The van der Waals surface area contributed by atoms with Crippen molar-refractivity contribution in [3.8, 4) is 0 Å². The summed E-state index contributed by atoms with van der Waals surface area (Å²) in [4.78, 5) is 4.40. The molecular formula is C12H9F4NOS. The monoisotopic (exact) mass is 291 g/mol. The van der Waals surface area contributed by atoms with Crippen LogP contribution in [-0.4, -0.2) is 10.1 Å². The Bertz CT molecular complexity index is 553. The summed E-state index contributed by atoms with van der Waals surface area (Å²) in [7, 11) is 0. The smallest absolute Gasteiger partial charge is 0.388 e. The molecule has 1 heterocycles. The highest BCUT2D eigenvalue weighted by Crippen LogP contribution is 2.36. The van der Waals surface area contributed by atoms with Gasteiger partial charge in [-0.1, -0.05) is 0 Å². The zero-order chi connectivity index (χ0) is 14.0. The number of benzene rings is 1. The summed E-state index contributed by atoms with van der Waals surface area (Å²) >= 11 is 1.22. The lowest BCUT2D eigenvalue weighted by atomic mass is 9.99. The van der Waals surface area contributed by atoms with Crippen molar-refractivity contribution in [1.29, 1.82) is 0 Å². The molecule has 1 aromatic carbocycles. The van der Waals surface area contributed by atoms with Crippen molar-refractivity contribution in [1.82, 2.24) is 4.98 Å². The number of aliphatic hydroxyl groups excluding tert-OH is 1. The van der Waals surface area contributed by atoms with E-state index < -0.39 is 29.2 Å². The van der Waals surface area contributed by atoms with Crippen LogP contribution in [0, 0.1) is 5.82 Å². The Labute approximate surface area is 110 Å². The normalized spacial score (nSPS) is 13.5. The summed E-state index contributed by atoms with van der Waals surface area (Å²) in [5.41, 5.74) is 0.0324. The van der Waals surface area contributed by atoms with Gasteiger partial charge in [0.05, 0.1) is 17.2 Å². The van der Waals surface area contributed by atoms with Gasteiger partial charge in [0.2, 0.25) is 0 Å². The van der Waals surface area contributed by atoms with Gasteiger partial charge in [0.15, 0.2) is 0 Å². The molecule has 0 aliphatic rings. The van der Waals surface area contributed by atoms with Crippen molar-refractivity contribution < 1.29 is 22.7 Å². The first-order chi connectivity index (χ1) is 8.88. The predicted octanol–water partition coefficient (Wildman–Crippen LogP) is 3.58. The molecule has 1 atom stereocenters. The van der Waals surface area contributed by atoms with Crippen LogP contribution >= 0.6 is 11.3 Å². The van der Waals surface area contributed by atoms with Crippen molar-refractivity contribution in [2.45, 2.75) is 18.7 Å². The van der Waals surface area contributed by atoms with Crippen LogP contribution in [0.3, 0.4) is 0 Å². The first-order valence-electron chi connectivity index (χ1n) is 5.30. The van der Waals surface area contributed by atoms with Gasteiger partial charge in [-0.2, -0.15) is 13.2 Å². The minimum Gasteiger partial charge on any atom is -0.388 e. The Morgan fingerprint density at radius 1 is 1.32 bits per heavy atom. The van der Waals surface area contributed by atoms with E-state index in [9.17, 15) is 22.7 Å². The minimum atomic E-state index is -4.63. The predicted molar refractivity (Wildman–Crippen MR) is 62.2 cm³/mol. The molecule has 0 amide bonds. The second-order valence-corrected chi connectivity index (χ2v) is 4.89. The quantitative estimate of drug-likeness (QED) is 0.877. The zero-order valence-corrected chi connectivity index (χ0v) is 10.3. The Morgan fingerprint density at radius 3 is 2.63 bits per heavy atom. The van der Waals surface area contributed by atoms with E-state index in [2.05, 4.69) is 4.98 Å². The molecule has 19 heavy (non-hydrogen) atoms. The topological polar surface area (TPSA) is 33.1 Å². The molecule has 0 saturated carbocycles. The SMILES string of the molecule is OC(Cc1cncs1)c1cc(F)ccc1C(F)(F)F. The van der Waals surface area contributed by atoms with Gasteiger partial charge in [0, 0.05) is 17.5 Å². The molecule has 7 heteroatoms. The molecule has 2 nitrogen and oxygen atoms in total. The Kier molecular flexibility index (Phi) is 3.86. The highest BCUT2D eigenvalue weighted by molar-refractivity contribution is 7.09. The van der Waals surface area contributed by atoms with E-state index in [0.29, 0.717) is 17.0 Å². The summed E-state index contributed by atoms with van der Waals surface area (Å²) in [5.74, 6) is -0.814. The molecule has 0 saturated heterocycles. The van der Waals surface area contributed by atoms with Gasteiger partial charge in [-0.05, 0) is 23.8 Å². The van der Waals surface area contributed by atoms with E-state index in [1.54, 1.807) is 0 Å². The number of halogens is 4. The van der Waals surface area contributed by atoms with E-state index in [0.717, 1.165) is 6.07 Å². The molecule has 1 unspecified atom stereocenters. The van der Waals surface area contributed by atoms with Crippen molar-refractivity contribution in [3.05, 3.63) is 51.7 Å². The molecular weight excluding hydrogens is 282 g/mol. The molecule has 0 aliphatic heterocycles. The van der Waals surface area contributed by atoms with Crippen LogP contribution in [0.25, 0.3) is 0 Å². The molecule has 102 valence electrons. The van der Waals surface area contributed by atoms with Gasteiger partial charge in [0.1, 0.15) is 5.82 Å². The molecule has 0 spiro atoms. The molecule has 0 aliphatic carbocycles. The molecule has 0 radical (unpaired) electrons. The van der Waals surface area contributed by atoms with Crippen molar-refractivity contribution in [2.24, 2.45) is 0 Å². The fourth-order valence-corrected chi connectivity index (χ4v) is 2.34. The average molecular weight is 291 g/mol. The third-order valence-corrected chi connectivity index (χ3v) is 3.36. The lowest BCUT2D eigenvalue weighted by Crippen LogP contribution is -2.13. The van der Waals surface area contributed by atoms with Gasteiger partial charge in [-0.3, -0.25) is 4.98 Å². The third-order valence-electron chi connectivity index (χ3n) is 2.56. The number of thiazole rings is 1. The molecule has 0 bridgehead atoms. The first-order valence-corrected chi connectivity index (χ1v) is 6.18. The van der Waals surface area contributed by atoms with E-state index in [1.807, 2.05) is 0 Å². The number of aliphatic hydroxyl groups is 1. The Balaban J connectivity index is 2.34. The number of aromatic nitrogens is 1. The summed E-state index contributed by atoms with van der Waals surface area (Å²) in [6, 6.07) is 2.08. The van der Waals surface area contributed by atoms with E-state index in [1.165, 1.54) is 23.0 Å². The zero-order valence-electron chi connectivity index (χ0n) is 9.49. The van der Waals surface area contributed by atoms with E-state index >= 15 is 0 Å². The van der Waals surface area contributed by atoms with Crippen LogP contribution in [0.5, 0.6) is 0 Å². The van der Waals surface area contributed by atoms with E-state index in [-0.39, 0.29) is 6.42 Å². The Hall–Kier alpha value is -1.47. The average Bonchev–Trinajstić information content (AvgIpc) is 2.80. The van der Waals surface area contributed by atoms with Crippen LogP contribution in [0.2, 0.25) is 0 Å². The van der Waals surface area contributed by atoms with Gasteiger partial charge in [-0.25, -0.2) is 4.39 Å². The summed E-state index contributed by atoms with van der Waals surface area (Å²) in [6.07, 6.45) is -4.62. The second-order valence-electron chi connectivity index (χ2n) is 3.92. The highest BCUT2D eigenvalue weighted by atomic mass is 32.1. The number of nitrogens with zero attached hydrogens (tertiary/aromatic N) is 1. The van der Waals surface area contributed by atoms with Crippen LogP contribution in [-0.2, 0) is 12.6 Å². The maximum absolute atomic E-state index is 13.1. The van der Waals surface area contributed by atoms with Crippen molar-refractivity contribution in [3.63, 3.8) is 0 Å². The third kappa shape index (κ3) is 3.30. The standard InChI is InChI=1S/C12H9F4NOS/c13-7-1-2-10(12(14,15)16)9(3-7)11(18)4-8-5-17-6-19-8/h1-3,5-6,11,18H,4H2. The van der Waals surface area contributed by atoms with Gasteiger partial charge in [0.25, 0.3) is 0 Å². The Morgan fingerprint density at radius 2 is 2.05 bits per heavy atom. The van der Waals surface area contributed by atoms with Crippen molar-refractivity contribution in [2.75, 3.05) is 0 Å². The maximum atomic E-state index is 13.1. The van der Waals surface area contributed by atoms with Gasteiger partial charge < -0.3 is 5.11 Å². The maximum Gasteiger partial charge on any atom is 0.416 e. The number of rotatable bonds is 3. The van der Waals surface area contributed by atoms with Crippen LogP contribution in [0.1, 0.15) is 22.1 Å². The summed E-state index contributed by atoms with van der Waals surface area (Å²) in [6.45, 7) is 0. The molecule has 0 fully saturated rings. The number of hydrogen-bond acceptors (Lipinski definition) is 3. The lowest BCUT2D eigenvalue weighted by Gasteiger charge is -2.17. The first kappa shape index (κ1) is 14.0.